The standard InChI is InChI=1S/C18H18F4O/c1-4-13(9-14(5-2)17(23)6-3)15-7-12(8-16(19)10-15)11-18(20,21)22/h4-8,10H,3,9,11H2,1-2H3/b13-4+,14-5+. The summed E-state index contributed by atoms with van der Waals surface area (Å²) in [4.78, 5) is 11.7. The topological polar surface area (TPSA) is 17.1 Å². The van der Waals surface area contributed by atoms with Crippen LogP contribution in [0.3, 0.4) is 0 Å². The van der Waals surface area contributed by atoms with Crippen LogP contribution in [0.2, 0.25) is 0 Å². The van der Waals surface area contributed by atoms with Gasteiger partial charge in [0.2, 0.25) is 0 Å². The highest BCUT2D eigenvalue weighted by molar-refractivity contribution is 6.04. The van der Waals surface area contributed by atoms with Gasteiger partial charge < -0.3 is 0 Å². The van der Waals surface area contributed by atoms with Crippen LogP contribution in [0.4, 0.5) is 17.6 Å². The minimum absolute atomic E-state index is 0.149. The van der Waals surface area contributed by atoms with Crippen molar-refractivity contribution in [3.8, 4) is 0 Å². The fourth-order valence-electron chi connectivity index (χ4n) is 2.21. The molecular weight excluding hydrogens is 308 g/mol. The molecule has 0 N–H and O–H groups in total. The molecule has 0 fully saturated rings. The maximum absolute atomic E-state index is 13.7. The molecule has 1 nitrogen and oxygen atoms in total. The van der Waals surface area contributed by atoms with Gasteiger partial charge in [0.25, 0.3) is 0 Å². The molecular formula is C18H18F4O. The molecule has 0 aliphatic rings. The largest absolute Gasteiger partial charge is 0.393 e. The van der Waals surface area contributed by atoms with E-state index in [0.29, 0.717) is 16.7 Å². The number of benzene rings is 1. The van der Waals surface area contributed by atoms with E-state index < -0.39 is 18.4 Å². The number of rotatable bonds is 6. The number of ketones is 1. The van der Waals surface area contributed by atoms with Gasteiger partial charge in [-0.05, 0) is 54.3 Å². The zero-order valence-corrected chi connectivity index (χ0v) is 13.0. The van der Waals surface area contributed by atoms with Gasteiger partial charge in [0.15, 0.2) is 5.78 Å². The van der Waals surface area contributed by atoms with Crippen LogP contribution in [-0.2, 0) is 11.2 Å². The first-order valence-corrected chi connectivity index (χ1v) is 7.04. The fraction of sp³-hybridized carbons (Fsp3) is 0.278. The van der Waals surface area contributed by atoms with Crippen molar-refractivity contribution in [2.75, 3.05) is 0 Å². The summed E-state index contributed by atoms with van der Waals surface area (Å²) in [5.74, 6) is -1.00. The minimum Gasteiger partial charge on any atom is -0.290 e. The van der Waals surface area contributed by atoms with Crippen LogP contribution in [0, 0.1) is 5.82 Å². The molecule has 23 heavy (non-hydrogen) atoms. The van der Waals surface area contributed by atoms with Gasteiger partial charge in [0.05, 0.1) is 6.42 Å². The summed E-state index contributed by atoms with van der Waals surface area (Å²) in [5, 5.41) is 0. The summed E-state index contributed by atoms with van der Waals surface area (Å²) in [6, 6.07) is 3.34. The lowest BCUT2D eigenvalue weighted by molar-refractivity contribution is -0.127. The lowest BCUT2D eigenvalue weighted by Crippen LogP contribution is -2.12. The third-order valence-electron chi connectivity index (χ3n) is 3.31. The van der Waals surface area contributed by atoms with Crippen molar-refractivity contribution >= 4 is 11.4 Å². The molecule has 0 amide bonds. The number of carbonyl (C=O) groups is 1. The van der Waals surface area contributed by atoms with E-state index in [9.17, 15) is 22.4 Å². The van der Waals surface area contributed by atoms with Crippen molar-refractivity contribution in [1.29, 1.82) is 0 Å². The second-order valence-electron chi connectivity index (χ2n) is 5.01. The summed E-state index contributed by atoms with van der Waals surface area (Å²) in [6.07, 6.45) is -0.962. The summed E-state index contributed by atoms with van der Waals surface area (Å²) >= 11 is 0. The molecule has 0 unspecified atom stereocenters. The van der Waals surface area contributed by atoms with Crippen LogP contribution in [0.5, 0.6) is 0 Å². The van der Waals surface area contributed by atoms with Gasteiger partial charge in [0.1, 0.15) is 5.82 Å². The molecule has 0 aromatic heterocycles. The summed E-state index contributed by atoms with van der Waals surface area (Å²) in [7, 11) is 0. The Hall–Kier alpha value is -2.17. The monoisotopic (exact) mass is 326 g/mol. The van der Waals surface area contributed by atoms with Crippen molar-refractivity contribution in [3.63, 3.8) is 0 Å². The average molecular weight is 326 g/mol. The van der Waals surface area contributed by atoms with Crippen LogP contribution < -0.4 is 0 Å². The molecule has 0 saturated heterocycles. The van der Waals surface area contributed by atoms with Gasteiger partial charge in [0, 0.05) is 6.42 Å². The molecule has 0 aliphatic heterocycles. The van der Waals surface area contributed by atoms with E-state index >= 15 is 0 Å². The zero-order valence-electron chi connectivity index (χ0n) is 13.0. The molecule has 5 heteroatoms. The fourth-order valence-corrected chi connectivity index (χ4v) is 2.21. The average Bonchev–Trinajstić information content (AvgIpc) is 2.45. The molecule has 0 aliphatic carbocycles. The molecule has 0 bridgehead atoms. The Bertz CT molecular complexity index is 651. The Labute approximate surface area is 133 Å². The second kappa shape index (κ2) is 7.90. The van der Waals surface area contributed by atoms with E-state index in [-0.39, 0.29) is 17.8 Å². The number of halogens is 4. The number of allylic oxidation sites excluding steroid dienone is 5. The Morgan fingerprint density at radius 3 is 2.30 bits per heavy atom. The normalized spacial score (nSPS) is 13.1. The lowest BCUT2D eigenvalue weighted by atomic mass is 9.94. The van der Waals surface area contributed by atoms with Crippen LogP contribution in [0.1, 0.15) is 31.4 Å². The minimum atomic E-state index is -4.41. The van der Waals surface area contributed by atoms with Crippen LogP contribution in [-0.4, -0.2) is 12.0 Å². The van der Waals surface area contributed by atoms with Gasteiger partial charge in [-0.1, -0.05) is 24.8 Å². The predicted molar refractivity (Wildman–Crippen MR) is 83.4 cm³/mol. The van der Waals surface area contributed by atoms with Crippen LogP contribution >= 0.6 is 0 Å². The third-order valence-corrected chi connectivity index (χ3v) is 3.31. The molecule has 1 rings (SSSR count). The summed E-state index contributed by atoms with van der Waals surface area (Å²) < 4.78 is 51.2. The highest BCUT2D eigenvalue weighted by Crippen LogP contribution is 2.28. The van der Waals surface area contributed by atoms with Crippen molar-refractivity contribution in [3.05, 3.63) is 65.5 Å². The van der Waals surface area contributed by atoms with E-state index in [4.69, 9.17) is 0 Å². The molecule has 124 valence electrons. The molecule has 0 heterocycles. The Balaban J connectivity index is 3.16. The third kappa shape index (κ3) is 5.85. The van der Waals surface area contributed by atoms with Crippen molar-refractivity contribution in [1.82, 2.24) is 0 Å². The lowest BCUT2D eigenvalue weighted by Gasteiger charge is -2.12. The maximum Gasteiger partial charge on any atom is 0.393 e. The number of hydrogen-bond acceptors (Lipinski definition) is 1. The second-order valence-corrected chi connectivity index (χ2v) is 5.01. The zero-order chi connectivity index (χ0) is 17.6. The van der Waals surface area contributed by atoms with Gasteiger partial charge >= 0.3 is 6.18 Å². The van der Waals surface area contributed by atoms with E-state index in [1.165, 1.54) is 18.2 Å². The Kier molecular flexibility index (Phi) is 6.49. The van der Waals surface area contributed by atoms with Crippen molar-refractivity contribution in [2.24, 2.45) is 0 Å². The maximum atomic E-state index is 13.7. The van der Waals surface area contributed by atoms with E-state index in [1.807, 2.05) is 0 Å². The number of alkyl halides is 3. The quantitative estimate of drug-likeness (QED) is 0.503. The molecule has 0 atom stereocenters. The highest BCUT2D eigenvalue weighted by atomic mass is 19.4. The Morgan fingerprint density at radius 2 is 1.83 bits per heavy atom. The first kappa shape index (κ1) is 18.9. The first-order valence-electron chi connectivity index (χ1n) is 7.04. The van der Waals surface area contributed by atoms with Crippen molar-refractivity contribution in [2.45, 2.75) is 32.9 Å². The Morgan fingerprint density at radius 1 is 1.17 bits per heavy atom. The summed E-state index contributed by atoms with van der Waals surface area (Å²) in [6.45, 7) is 6.78. The summed E-state index contributed by atoms with van der Waals surface area (Å²) in [5.41, 5.74) is 1.22. The first-order chi connectivity index (χ1) is 10.7. The van der Waals surface area contributed by atoms with Gasteiger partial charge in [-0.25, -0.2) is 4.39 Å². The molecule has 1 aromatic carbocycles. The highest BCUT2D eigenvalue weighted by Gasteiger charge is 2.28. The molecule has 0 radical (unpaired) electrons. The van der Waals surface area contributed by atoms with Gasteiger partial charge in [-0.15, -0.1) is 0 Å². The number of carbonyl (C=O) groups excluding carboxylic acids is 1. The molecule has 1 aromatic rings. The number of hydrogen-bond donors (Lipinski definition) is 0. The van der Waals surface area contributed by atoms with Crippen LogP contribution in [0.25, 0.3) is 5.57 Å². The smallest absolute Gasteiger partial charge is 0.290 e. The SMILES string of the molecule is C=CC(=O)/C(=C/C)C/C(=C\C)c1cc(F)cc(CC(F)(F)F)c1. The van der Waals surface area contributed by atoms with E-state index in [2.05, 4.69) is 6.58 Å². The predicted octanol–water partition coefficient (Wildman–Crippen LogP) is 5.43. The van der Waals surface area contributed by atoms with E-state index in [1.54, 1.807) is 26.0 Å². The molecule has 0 spiro atoms. The van der Waals surface area contributed by atoms with Gasteiger partial charge in [-0.3, -0.25) is 4.79 Å². The van der Waals surface area contributed by atoms with Crippen molar-refractivity contribution < 1.29 is 22.4 Å². The van der Waals surface area contributed by atoms with E-state index in [0.717, 1.165) is 6.07 Å². The van der Waals surface area contributed by atoms with Gasteiger partial charge in [-0.2, -0.15) is 13.2 Å². The van der Waals surface area contributed by atoms with Crippen LogP contribution in [0.15, 0.2) is 48.6 Å². The molecule has 0 saturated carbocycles.